The monoisotopic (exact) mass is 291 g/mol. The minimum Gasteiger partial charge on any atom is -0.496 e. The molecular weight excluding hydrogens is 266 g/mol. The van der Waals surface area contributed by atoms with Gasteiger partial charge in [-0.2, -0.15) is 0 Å². The topological polar surface area (TPSA) is 58.6 Å². The second kappa shape index (κ2) is 7.46. The van der Waals surface area contributed by atoms with E-state index < -0.39 is 5.41 Å². The molecule has 0 aromatic heterocycles. The molecule has 0 aliphatic heterocycles. The van der Waals surface area contributed by atoms with Gasteiger partial charge in [0.25, 0.3) is 0 Å². The van der Waals surface area contributed by atoms with Gasteiger partial charge in [-0.3, -0.25) is 4.79 Å². The van der Waals surface area contributed by atoms with Crippen molar-refractivity contribution in [2.24, 2.45) is 0 Å². The summed E-state index contributed by atoms with van der Waals surface area (Å²) in [6.45, 7) is 0.898. The maximum atomic E-state index is 12.6. The van der Waals surface area contributed by atoms with Gasteiger partial charge in [-0.15, -0.1) is 0 Å². The van der Waals surface area contributed by atoms with Crippen molar-refractivity contribution in [2.75, 3.05) is 20.3 Å². The predicted molar refractivity (Wildman–Crippen MR) is 82.5 cm³/mol. The molecule has 1 aliphatic carbocycles. The second-order valence-corrected chi connectivity index (χ2v) is 5.68. The number of hydrogen-bond acceptors (Lipinski definition) is 3. The summed E-state index contributed by atoms with van der Waals surface area (Å²) in [7, 11) is 1.65. The molecule has 0 bridgehead atoms. The highest BCUT2D eigenvalue weighted by molar-refractivity contribution is 5.90. The van der Waals surface area contributed by atoms with Crippen LogP contribution in [0.25, 0.3) is 0 Å². The Hall–Kier alpha value is -1.55. The Labute approximate surface area is 126 Å². The lowest BCUT2D eigenvalue weighted by Crippen LogP contribution is -2.49. The number of ether oxygens (including phenoxy) is 1. The second-order valence-electron chi connectivity index (χ2n) is 5.68. The van der Waals surface area contributed by atoms with Crippen molar-refractivity contribution in [3.63, 3.8) is 0 Å². The van der Waals surface area contributed by atoms with Crippen molar-refractivity contribution in [3.8, 4) is 5.75 Å². The van der Waals surface area contributed by atoms with Gasteiger partial charge in [0.2, 0.25) is 5.91 Å². The number of rotatable bonds is 8. The first kappa shape index (κ1) is 15.8. The summed E-state index contributed by atoms with van der Waals surface area (Å²) >= 11 is 0. The number of aliphatic hydroxyl groups is 1. The largest absolute Gasteiger partial charge is 0.496 e. The van der Waals surface area contributed by atoms with Crippen LogP contribution in [0.15, 0.2) is 24.3 Å². The molecule has 0 heterocycles. The van der Waals surface area contributed by atoms with Crippen LogP contribution in [0.3, 0.4) is 0 Å². The lowest BCUT2D eigenvalue weighted by atomic mass is 9.63. The summed E-state index contributed by atoms with van der Waals surface area (Å²) in [5, 5.41) is 11.8. The van der Waals surface area contributed by atoms with Crippen LogP contribution >= 0.6 is 0 Å². The number of hydrogen-bond donors (Lipinski definition) is 2. The minimum absolute atomic E-state index is 0.113. The Morgan fingerprint density at radius 2 is 2.05 bits per heavy atom. The van der Waals surface area contributed by atoms with Crippen LogP contribution in [-0.4, -0.2) is 31.3 Å². The fourth-order valence-corrected chi connectivity index (χ4v) is 2.97. The molecule has 1 saturated carbocycles. The van der Waals surface area contributed by atoms with Crippen LogP contribution in [0.1, 0.15) is 44.1 Å². The fraction of sp³-hybridized carbons (Fsp3) is 0.588. The normalized spacial score (nSPS) is 16.1. The van der Waals surface area contributed by atoms with E-state index >= 15 is 0 Å². The smallest absolute Gasteiger partial charge is 0.230 e. The van der Waals surface area contributed by atoms with Crippen LogP contribution < -0.4 is 10.1 Å². The van der Waals surface area contributed by atoms with Crippen LogP contribution in [0.4, 0.5) is 0 Å². The minimum atomic E-state index is -0.413. The van der Waals surface area contributed by atoms with Gasteiger partial charge >= 0.3 is 0 Å². The molecule has 2 N–H and O–H groups in total. The number of amides is 1. The summed E-state index contributed by atoms with van der Waals surface area (Å²) in [5.74, 6) is 0.912. The molecule has 0 spiro atoms. The lowest BCUT2D eigenvalue weighted by molar-refractivity contribution is -0.130. The van der Waals surface area contributed by atoms with Crippen molar-refractivity contribution >= 4 is 5.91 Å². The van der Waals surface area contributed by atoms with Crippen LogP contribution in [-0.2, 0) is 10.2 Å². The van der Waals surface area contributed by atoms with E-state index in [9.17, 15) is 4.79 Å². The standard InChI is InChI=1S/C17H25NO3/c1-21-15-9-4-3-8-14(15)17(10-7-11-17)16(20)18-12-5-2-6-13-19/h3-4,8-9,19H,2,5-7,10-13H2,1H3,(H,18,20). The Morgan fingerprint density at radius 3 is 2.67 bits per heavy atom. The Kier molecular flexibility index (Phi) is 5.62. The summed E-state index contributed by atoms with van der Waals surface area (Å²) in [6.07, 6.45) is 5.50. The van der Waals surface area contributed by atoms with Crippen molar-refractivity contribution in [1.82, 2.24) is 5.32 Å². The molecule has 0 radical (unpaired) electrons. The third-order valence-corrected chi connectivity index (χ3v) is 4.38. The summed E-state index contributed by atoms with van der Waals surface area (Å²) in [5.41, 5.74) is 0.593. The van der Waals surface area contributed by atoms with E-state index in [0.29, 0.717) is 6.54 Å². The fourth-order valence-electron chi connectivity index (χ4n) is 2.97. The van der Waals surface area contributed by atoms with Crippen LogP contribution in [0, 0.1) is 0 Å². The number of methoxy groups -OCH3 is 1. The first-order valence-corrected chi connectivity index (χ1v) is 7.77. The molecule has 0 unspecified atom stereocenters. The molecule has 116 valence electrons. The number of aliphatic hydroxyl groups excluding tert-OH is 1. The maximum absolute atomic E-state index is 12.6. The number of benzene rings is 1. The van der Waals surface area contributed by atoms with Crippen LogP contribution in [0.5, 0.6) is 5.75 Å². The Bertz CT molecular complexity index is 469. The molecule has 4 nitrogen and oxygen atoms in total. The molecule has 1 amide bonds. The van der Waals surface area contributed by atoms with E-state index in [-0.39, 0.29) is 12.5 Å². The summed E-state index contributed by atoms with van der Waals surface area (Å²) < 4.78 is 5.43. The molecule has 0 atom stereocenters. The average molecular weight is 291 g/mol. The molecule has 1 aliphatic rings. The summed E-state index contributed by atoms with van der Waals surface area (Å²) in [6, 6.07) is 7.82. The number of para-hydroxylation sites is 1. The zero-order valence-corrected chi connectivity index (χ0v) is 12.7. The van der Waals surface area contributed by atoms with Gasteiger partial charge in [0.15, 0.2) is 0 Å². The molecule has 1 aromatic carbocycles. The van der Waals surface area contributed by atoms with Gasteiger partial charge in [-0.05, 0) is 38.2 Å². The molecular formula is C17H25NO3. The van der Waals surface area contributed by atoms with E-state index in [1.165, 1.54) is 0 Å². The van der Waals surface area contributed by atoms with Crippen molar-refractivity contribution < 1.29 is 14.6 Å². The SMILES string of the molecule is COc1ccccc1C1(C(=O)NCCCCCO)CCC1. The van der Waals surface area contributed by atoms with Crippen LogP contribution in [0.2, 0.25) is 0 Å². The highest BCUT2D eigenvalue weighted by Gasteiger charge is 2.47. The number of unbranched alkanes of at least 4 members (excludes halogenated alkanes) is 2. The van der Waals surface area contributed by atoms with E-state index in [1.54, 1.807) is 7.11 Å². The first-order valence-electron chi connectivity index (χ1n) is 7.77. The van der Waals surface area contributed by atoms with Crippen molar-refractivity contribution in [3.05, 3.63) is 29.8 Å². The van der Waals surface area contributed by atoms with Gasteiger partial charge in [0.1, 0.15) is 5.75 Å². The van der Waals surface area contributed by atoms with E-state index in [4.69, 9.17) is 9.84 Å². The van der Waals surface area contributed by atoms with Gasteiger partial charge in [0, 0.05) is 18.7 Å². The van der Waals surface area contributed by atoms with Gasteiger partial charge in [-0.1, -0.05) is 24.6 Å². The third-order valence-electron chi connectivity index (χ3n) is 4.38. The first-order chi connectivity index (χ1) is 10.2. The van der Waals surface area contributed by atoms with Gasteiger partial charge in [-0.25, -0.2) is 0 Å². The molecule has 0 saturated heterocycles. The maximum Gasteiger partial charge on any atom is 0.230 e. The summed E-state index contributed by atoms with van der Waals surface area (Å²) in [4.78, 5) is 12.6. The average Bonchev–Trinajstić information content (AvgIpc) is 2.46. The molecule has 1 aromatic rings. The van der Waals surface area contributed by atoms with E-state index in [0.717, 1.165) is 49.8 Å². The van der Waals surface area contributed by atoms with Gasteiger partial charge in [0.05, 0.1) is 12.5 Å². The highest BCUT2D eigenvalue weighted by atomic mass is 16.5. The van der Waals surface area contributed by atoms with Gasteiger partial charge < -0.3 is 15.2 Å². The Morgan fingerprint density at radius 1 is 1.29 bits per heavy atom. The number of carbonyl (C=O) groups excluding carboxylic acids is 1. The van der Waals surface area contributed by atoms with E-state index in [2.05, 4.69) is 5.32 Å². The van der Waals surface area contributed by atoms with Crippen molar-refractivity contribution in [2.45, 2.75) is 43.9 Å². The zero-order valence-electron chi connectivity index (χ0n) is 12.7. The lowest BCUT2D eigenvalue weighted by Gasteiger charge is -2.41. The molecule has 21 heavy (non-hydrogen) atoms. The Balaban J connectivity index is 2.02. The number of carbonyl (C=O) groups is 1. The quantitative estimate of drug-likeness (QED) is 0.723. The van der Waals surface area contributed by atoms with Crippen molar-refractivity contribution in [1.29, 1.82) is 0 Å². The molecule has 1 fully saturated rings. The number of nitrogens with one attached hydrogen (secondary N) is 1. The highest BCUT2D eigenvalue weighted by Crippen LogP contribution is 2.47. The predicted octanol–water partition coefficient (Wildman–Crippen LogP) is 2.40. The van der Waals surface area contributed by atoms with E-state index in [1.807, 2.05) is 24.3 Å². The zero-order chi connectivity index (χ0) is 15.1. The third kappa shape index (κ3) is 3.38. The molecule has 2 rings (SSSR count). The molecule has 4 heteroatoms.